The lowest BCUT2D eigenvalue weighted by Gasteiger charge is -2.04. The zero-order valence-electron chi connectivity index (χ0n) is 9.19. The van der Waals surface area contributed by atoms with Crippen molar-refractivity contribution < 1.29 is 9.90 Å². The number of aromatic nitrogens is 1. The van der Waals surface area contributed by atoms with E-state index in [9.17, 15) is 4.79 Å². The van der Waals surface area contributed by atoms with Gasteiger partial charge >= 0.3 is 5.97 Å². The third-order valence-electron chi connectivity index (χ3n) is 3.44. The standard InChI is InChI=1S/C12H15NO2/c1-7-5-4-6-13-10(7)8-9(11(14)15)12(8,2)3/h4-6,8-9H,1-3H3,(H,14,15). The molecular weight excluding hydrogens is 190 g/mol. The van der Waals surface area contributed by atoms with Gasteiger partial charge in [0.05, 0.1) is 5.92 Å². The van der Waals surface area contributed by atoms with Gasteiger partial charge in [0, 0.05) is 17.8 Å². The highest BCUT2D eigenvalue weighted by molar-refractivity contribution is 5.77. The summed E-state index contributed by atoms with van der Waals surface area (Å²) >= 11 is 0. The van der Waals surface area contributed by atoms with Crippen LogP contribution in [0.5, 0.6) is 0 Å². The highest BCUT2D eigenvalue weighted by atomic mass is 16.4. The maximum absolute atomic E-state index is 11.0. The van der Waals surface area contributed by atoms with Gasteiger partial charge in [0.1, 0.15) is 0 Å². The van der Waals surface area contributed by atoms with Crippen LogP contribution in [0.1, 0.15) is 31.0 Å². The van der Waals surface area contributed by atoms with Crippen LogP contribution < -0.4 is 0 Å². The van der Waals surface area contributed by atoms with E-state index in [1.807, 2.05) is 32.9 Å². The largest absolute Gasteiger partial charge is 0.481 e. The number of aryl methyl sites for hydroxylation is 1. The Bertz CT molecular complexity index is 412. The van der Waals surface area contributed by atoms with Crippen molar-refractivity contribution >= 4 is 5.97 Å². The molecule has 0 saturated heterocycles. The van der Waals surface area contributed by atoms with E-state index in [0.29, 0.717) is 0 Å². The van der Waals surface area contributed by atoms with Crippen LogP contribution in [0.3, 0.4) is 0 Å². The van der Waals surface area contributed by atoms with Gasteiger partial charge in [-0.25, -0.2) is 0 Å². The topological polar surface area (TPSA) is 50.2 Å². The Balaban J connectivity index is 2.36. The number of carboxylic acid groups (broad SMARTS) is 1. The predicted octanol–water partition coefficient (Wildman–Crippen LogP) is 2.21. The molecule has 0 aliphatic heterocycles. The highest BCUT2D eigenvalue weighted by Crippen LogP contribution is 2.64. The molecule has 3 nitrogen and oxygen atoms in total. The van der Waals surface area contributed by atoms with Gasteiger partial charge in [0.15, 0.2) is 0 Å². The summed E-state index contributed by atoms with van der Waals surface area (Å²) in [5, 5.41) is 9.08. The minimum atomic E-state index is -0.713. The number of hydrogen-bond donors (Lipinski definition) is 1. The smallest absolute Gasteiger partial charge is 0.307 e. The monoisotopic (exact) mass is 205 g/mol. The van der Waals surface area contributed by atoms with Crippen molar-refractivity contribution in [2.45, 2.75) is 26.7 Å². The summed E-state index contributed by atoms with van der Waals surface area (Å²) in [6.07, 6.45) is 1.73. The Hall–Kier alpha value is -1.38. The van der Waals surface area contributed by atoms with Gasteiger partial charge in [0.2, 0.25) is 0 Å². The number of hydrogen-bond acceptors (Lipinski definition) is 2. The number of nitrogens with zero attached hydrogens (tertiary/aromatic N) is 1. The van der Waals surface area contributed by atoms with Gasteiger partial charge in [0.25, 0.3) is 0 Å². The molecule has 1 aliphatic rings. The van der Waals surface area contributed by atoms with Crippen molar-refractivity contribution in [2.24, 2.45) is 11.3 Å². The van der Waals surface area contributed by atoms with Crippen molar-refractivity contribution in [1.29, 1.82) is 0 Å². The summed E-state index contributed by atoms with van der Waals surface area (Å²) in [4.78, 5) is 15.3. The fourth-order valence-corrected chi connectivity index (χ4v) is 2.43. The number of pyridine rings is 1. The Kier molecular flexibility index (Phi) is 2.07. The van der Waals surface area contributed by atoms with Crippen LogP contribution in [0, 0.1) is 18.3 Å². The molecule has 1 aromatic heterocycles. The maximum atomic E-state index is 11.0. The molecule has 0 aromatic carbocycles. The van der Waals surface area contributed by atoms with Crippen LogP contribution in [-0.2, 0) is 4.79 Å². The first kappa shape index (κ1) is 10.1. The van der Waals surface area contributed by atoms with Crippen LogP contribution in [0.15, 0.2) is 18.3 Å². The third-order valence-corrected chi connectivity index (χ3v) is 3.44. The van der Waals surface area contributed by atoms with E-state index in [4.69, 9.17) is 5.11 Å². The summed E-state index contributed by atoms with van der Waals surface area (Å²) < 4.78 is 0. The number of carbonyl (C=O) groups is 1. The van der Waals surface area contributed by atoms with E-state index < -0.39 is 5.97 Å². The molecule has 1 aliphatic carbocycles. The van der Waals surface area contributed by atoms with Crippen LogP contribution in [0.4, 0.5) is 0 Å². The molecule has 1 heterocycles. The summed E-state index contributed by atoms with van der Waals surface area (Å²) in [7, 11) is 0. The summed E-state index contributed by atoms with van der Waals surface area (Å²) in [6.45, 7) is 5.96. The molecule has 15 heavy (non-hydrogen) atoms. The van der Waals surface area contributed by atoms with E-state index in [0.717, 1.165) is 11.3 Å². The molecule has 2 unspecified atom stereocenters. The lowest BCUT2D eigenvalue weighted by Crippen LogP contribution is -2.03. The molecular formula is C12H15NO2. The van der Waals surface area contributed by atoms with Gasteiger partial charge in [-0.1, -0.05) is 19.9 Å². The minimum Gasteiger partial charge on any atom is -0.481 e. The summed E-state index contributed by atoms with van der Waals surface area (Å²) in [6, 6.07) is 3.86. The molecule has 0 amide bonds. The SMILES string of the molecule is Cc1cccnc1C1C(C(=O)O)C1(C)C. The van der Waals surface area contributed by atoms with Crippen LogP contribution in [0.2, 0.25) is 0 Å². The van der Waals surface area contributed by atoms with Crippen LogP contribution in [0.25, 0.3) is 0 Å². The van der Waals surface area contributed by atoms with Crippen molar-refractivity contribution in [3.63, 3.8) is 0 Å². The fraction of sp³-hybridized carbons (Fsp3) is 0.500. The Morgan fingerprint density at radius 1 is 1.53 bits per heavy atom. The molecule has 1 N–H and O–H groups in total. The van der Waals surface area contributed by atoms with E-state index in [2.05, 4.69) is 4.98 Å². The normalized spacial score (nSPS) is 27.4. The maximum Gasteiger partial charge on any atom is 0.307 e. The molecule has 80 valence electrons. The molecule has 3 heteroatoms. The summed E-state index contributed by atoms with van der Waals surface area (Å²) in [5.41, 5.74) is 1.86. The molecule has 2 atom stereocenters. The lowest BCUT2D eigenvalue weighted by atomic mass is 10.0. The third kappa shape index (κ3) is 1.42. The Labute approximate surface area is 89.2 Å². The quantitative estimate of drug-likeness (QED) is 0.805. The molecule has 0 bridgehead atoms. The molecule has 0 spiro atoms. The van der Waals surface area contributed by atoms with Crippen LogP contribution >= 0.6 is 0 Å². The van der Waals surface area contributed by atoms with Crippen molar-refractivity contribution in [2.75, 3.05) is 0 Å². The van der Waals surface area contributed by atoms with E-state index >= 15 is 0 Å². The molecule has 2 rings (SSSR count). The fourth-order valence-electron chi connectivity index (χ4n) is 2.43. The van der Waals surface area contributed by atoms with Crippen molar-refractivity contribution in [1.82, 2.24) is 4.98 Å². The van der Waals surface area contributed by atoms with E-state index in [-0.39, 0.29) is 17.3 Å². The lowest BCUT2D eigenvalue weighted by molar-refractivity contribution is -0.139. The number of aliphatic carboxylic acids is 1. The molecule has 0 radical (unpaired) electrons. The Morgan fingerprint density at radius 3 is 2.67 bits per heavy atom. The van der Waals surface area contributed by atoms with Crippen molar-refractivity contribution in [3.05, 3.63) is 29.6 Å². The van der Waals surface area contributed by atoms with Gasteiger partial charge in [-0.3, -0.25) is 9.78 Å². The second-order valence-corrected chi connectivity index (χ2v) is 4.82. The first-order chi connectivity index (χ1) is 6.96. The molecule has 1 fully saturated rings. The highest BCUT2D eigenvalue weighted by Gasteiger charge is 2.63. The second kappa shape index (κ2) is 3.05. The number of rotatable bonds is 2. The minimum absolute atomic E-state index is 0.0659. The first-order valence-corrected chi connectivity index (χ1v) is 5.10. The zero-order valence-corrected chi connectivity index (χ0v) is 9.19. The van der Waals surface area contributed by atoms with Gasteiger partial charge in [-0.15, -0.1) is 0 Å². The zero-order chi connectivity index (χ0) is 11.2. The Morgan fingerprint density at radius 2 is 2.20 bits per heavy atom. The van der Waals surface area contributed by atoms with E-state index in [1.54, 1.807) is 6.20 Å². The van der Waals surface area contributed by atoms with Crippen LogP contribution in [-0.4, -0.2) is 16.1 Å². The predicted molar refractivity (Wildman–Crippen MR) is 56.6 cm³/mol. The van der Waals surface area contributed by atoms with E-state index in [1.165, 1.54) is 0 Å². The van der Waals surface area contributed by atoms with Crippen molar-refractivity contribution in [3.8, 4) is 0 Å². The average molecular weight is 205 g/mol. The van der Waals surface area contributed by atoms with Gasteiger partial charge in [-0.05, 0) is 24.0 Å². The average Bonchev–Trinajstić information content (AvgIpc) is 2.70. The first-order valence-electron chi connectivity index (χ1n) is 5.10. The van der Waals surface area contributed by atoms with Gasteiger partial charge < -0.3 is 5.11 Å². The van der Waals surface area contributed by atoms with Gasteiger partial charge in [-0.2, -0.15) is 0 Å². The second-order valence-electron chi connectivity index (χ2n) is 4.82. The molecule has 1 aromatic rings. The summed E-state index contributed by atoms with van der Waals surface area (Å²) in [5.74, 6) is -0.933. The number of carboxylic acids is 1. The molecule has 1 saturated carbocycles.